The summed E-state index contributed by atoms with van der Waals surface area (Å²) in [6, 6.07) is 6.44. The maximum Gasteiger partial charge on any atom is 0.0443 e. The molecule has 3 nitrogen and oxygen atoms in total. The Kier molecular flexibility index (Phi) is 5.95. The molecule has 1 aromatic carbocycles. The van der Waals surface area contributed by atoms with Crippen LogP contribution in [0.3, 0.4) is 0 Å². The number of halogens is 1. The summed E-state index contributed by atoms with van der Waals surface area (Å²) in [5, 5.41) is 8.90. The van der Waals surface area contributed by atoms with Crippen LogP contribution in [0.25, 0.3) is 0 Å². The first-order chi connectivity index (χ1) is 8.04. The van der Waals surface area contributed by atoms with E-state index >= 15 is 0 Å². The number of hydrogen-bond acceptors (Lipinski definition) is 3. The topological polar surface area (TPSA) is 49.5 Å². The summed E-state index contributed by atoms with van der Waals surface area (Å²) >= 11 is 3.41. The van der Waals surface area contributed by atoms with Gasteiger partial charge in [-0.05, 0) is 38.0 Å². The summed E-state index contributed by atoms with van der Waals surface area (Å²) in [7, 11) is 0. The Bertz CT molecular complexity index is 355. The largest absolute Gasteiger partial charge is 0.398 e. The number of nitrogens with two attached hydrogens (primary N) is 1. The average Bonchev–Trinajstić information content (AvgIpc) is 2.26. The van der Waals surface area contributed by atoms with Crippen molar-refractivity contribution in [3.63, 3.8) is 0 Å². The first kappa shape index (κ1) is 14.5. The zero-order valence-corrected chi connectivity index (χ0v) is 12.1. The number of nitrogen functional groups attached to an aromatic ring is 1. The fourth-order valence-electron chi connectivity index (χ4n) is 1.72. The summed E-state index contributed by atoms with van der Waals surface area (Å²) in [5.74, 6) is 0. The normalized spacial score (nSPS) is 11.4. The fraction of sp³-hybridized carbons (Fsp3) is 0.538. The number of hydrogen-bond donors (Lipinski definition) is 2. The van der Waals surface area contributed by atoms with Gasteiger partial charge in [-0.25, -0.2) is 0 Å². The molecule has 0 saturated carbocycles. The summed E-state index contributed by atoms with van der Waals surface area (Å²) in [5.41, 5.74) is 7.95. The summed E-state index contributed by atoms with van der Waals surface area (Å²) < 4.78 is 1.00. The van der Waals surface area contributed by atoms with Gasteiger partial charge < -0.3 is 10.8 Å². The number of aliphatic hydroxyl groups is 1. The van der Waals surface area contributed by atoms with Crippen LogP contribution in [0.15, 0.2) is 22.7 Å². The first-order valence-corrected chi connectivity index (χ1v) is 6.72. The predicted molar refractivity (Wildman–Crippen MR) is 75.8 cm³/mol. The van der Waals surface area contributed by atoms with E-state index < -0.39 is 0 Å². The Hall–Kier alpha value is -0.580. The quantitative estimate of drug-likeness (QED) is 0.794. The lowest BCUT2D eigenvalue weighted by Gasteiger charge is -2.26. The van der Waals surface area contributed by atoms with Gasteiger partial charge in [-0.3, -0.25) is 4.90 Å². The van der Waals surface area contributed by atoms with Gasteiger partial charge in [-0.2, -0.15) is 0 Å². The van der Waals surface area contributed by atoms with E-state index in [9.17, 15) is 0 Å². The molecule has 17 heavy (non-hydrogen) atoms. The molecule has 0 aromatic heterocycles. The molecule has 0 fully saturated rings. The highest BCUT2D eigenvalue weighted by Crippen LogP contribution is 2.20. The lowest BCUT2D eigenvalue weighted by Crippen LogP contribution is -2.32. The Morgan fingerprint density at radius 3 is 2.65 bits per heavy atom. The molecule has 0 heterocycles. The maximum absolute atomic E-state index is 8.90. The highest BCUT2D eigenvalue weighted by molar-refractivity contribution is 9.10. The number of nitrogens with zero attached hydrogens (tertiary/aromatic N) is 1. The summed E-state index contributed by atoms with van der Waals surface area (Å²) in [6.07, 6.45) is 0.800. The molecule has 4 heteroatoms. The van der Waals surface area contributed by atoms with Crippen molar-refractivity contribution in [2.75, 3.05) is 18.9 Å². The van der Waals surface area contributed by atoms with Crippen LogP contribution >= 0.6 is 15.9 Å². The van der Waals surface area contributed by atoms with E-state index in [1.165, 1.54) is 0 Å². The van der Waals surface area contributed by atoms with E-state index in [0.29, 0.717) is 6.04 Å². The Labute approximate surface area is 112 Å². The van der Waals surface area contributed by atoms with Crippen molar-refractivity contribution in [2.45, 2.75) is 32.9 Å². The molecule has 0 atom stereocenters. The highest BCUT2D eigenvalue weighted by atomic mass is 79.9. The molecule has 0 saturated heterocycles. The second-order valence-corrected chi connectivity index (χ2v) is 5.40. The van der Waals surface area contributed by atoms with Gasteiger partial charge in [0.25, 0.3) is 0 Å². The van der Waals surface area contributed by atoms with Gasteiger partial charge in [0.1, 0.15) is 0 Å². The van der Waals surface area contributed by atoms with Crippen LogP contribution in [-0.4, -0.2) is 29.2 Å². The summed E-state index contributed by atoms with van der Waals surface area (Å²) in [4.78, 5) is 2.32. The number of aliphatic hydroxyl groups excluding tert-OH is 1. The number of benzene rings is 1. The van der Waals surface area contributed by atoms with Crippen LogP contribution < -0.4 is 5.73 Å². The van der Waals surface area contributed by atoms with E-state index in [2.05, 4.69) is 34.7 Å². The second kappa shape index (κ2) is 6.99. The maximum atomic E-state index is 8.90. The number of rotatable bonds is 6. The minimum absolute atomic E-state index is 0.235. The van der Waals surface area contributed by atoms with Gasteiger partial charge in [0, 0.05) is 35.9 Å². The molecule has 0 amide bonds. The lowest BCUT2D eigenvalue weighted by molar-refractivity contribution is 0.185. The van der Waals surface area contributed by atoms with Crippen LogP contribution in [0.5, 0.6) is 0 Å². The third kappa shape index (κ3) is 4.66. The van der Waals surface area contributed by atoms with Gasteiger partial charge in [-0.15, -0.1) is 0 Å². The molecule has 0 aliphatic carbocycles. The van der Waals surface area contributed by atoms with E-state index in [1.54, 1.807) is 0 Å². The van der Waals surface area contributed by atoms with Crippen LogP contribution in [-0.2, 0) is 6.54 Å². The zero-order chi connectivity index (χ0) is 12.8. The Morgan fingerprint density at radius 2 is 2.12 bits per heavy atom. The van der Waals surface area contributed by atoms with Crippen molar-refractivity contribution >= 4 is 21.6 Å². The van der Waals surface area contributed by atoms with E-state index in [0.717, 1.165) is 35.2 Å². The molecule has 3 N–H and O–H groups in total. The van der Waals surface area contributed by atoms with Crippen LogP contribution in [0.4, 0.5) is 5.69 Å². The molecule has 0 spiro atoms. The van der Waals surface area contributed by atoms with Crippen LogP contribution in [0, 0.1) is 0 Å². The molecule has 0 unspecified atom stereocenters. The zero-order valence-electron chi connectivity index (χ0n) is 10.5. The van der Waals surface area contributed by atoms with Crippen molar-refractivity contribution in [1.82, 2.24) is 4.90 Å². The van der Waals surface area contributed by atoms with Gasteiger partial charge >= 0.3 is 0 Å². The molecular formula is C13H21BrN2O. The van der Waals surface area contributed by atoms with E-state index in [-0.39, 0.29) is 6.61 Å². The van der Waals surface area contributed by atoms with Gasteiger partial charge in [0.05, 0.1) is 0 Å². The van der Waals surface area contributed by atoms with Crippen molar-refractivity contribution in [1.29, 1.82) is 0 Å². The molecule has 96 valence electrons. The summed E-state index contributed by atoms with van der Waals surface area (Å²) in [6.45, 7) is 6.28. The first-order valence-electron chi connectivity index (χ1n) is 5.93. The second-order valence-electron chi connectivity index (χ2n) is 4.48. The van der Waals surface area contributed by atoms with Gasteiger partial charge in [0.15, 0.2) is 0 Å². The molecule has 1 aromatic rings. The monoisotopic (exact) mass is 300 g/mol. The standard InChI is InChI=1S/C13H21BrN2O/c1-10(2)16(6-3-7-17)9-11-4-5-12(14)8-13(11)15/h4-5,8,10,17H,3,6-7,9,15H2,1-2H3. The van der Waals surface area contributed by atoms with Crippen molar-refractivity contribution < 1.29 is 5.11 Å². The van der Waals surface area contributed by atoms with E-state index in [4.69, 9.17) is 10.8 Å². The SMILES string of the molecule is CC(C)N(CCCO)Cc1ccc(Br)cc1N. The fourth-order valence-corrected chi connectivity index (χ4v) is 2.10. The third-order valence-electron chi connectivity index (χ3n) is 2.82. The van der Waals surface area contributed by atoms with Gasteiger partial charge in [0.2, 0.25) is 0 Å². The van der Waals surface area contributed by atoms with Crippen molar-refractivity contribution in [2.24, 2.45) is 0 Å². The van der Waals surface area contributed by atoms with Crippen molar-refractivity contribution in [3.05, 3.63) is 28.2 Å². The Balaban J connectivity index is 2.71. The molecule has 0 aliphatic heterocycles. The lowest BCUT2D eigenvalue weighted by atomic mass is 10.1. The minimum Gasteiger partial charge on any atom is -0.398 e. The van der Waals surface area contributed by atoms with Crippen LogP contribution in [0.2, 0.25) is 0 Å². The predicted octanol–water partition coefficient (Wildman–Crippen LogP) is 2.62. The van der Waals surface area contributed by atoms with E-state index in [1.807, 2.05) is 18.2 Å². The Morgan fingerprint density at radius 1 is 1.41 bits per heavy atom. The molecule has 0 bridgehead atoms. The molecule has 0 aliphatic rings. The average molecular weight is 301 g/mol. The smallest absolute Gasteiger partial charge is 0.0443 e. The number of anilines is 1. The van der Waals surface area contributed by atoms with Crippen molar-refractivity contribution in [3.8, 4) is 0 Å². The molecular weight excluding hydrogens is 280 g/mol. The van der Waals surface area contributed by atoms with Gasteiger partial charge in [-0.1, -0.05) is 22.0 Å². The highest BCUT2D eigenvalue weighted by Gasteiger charge is 2.11. The minimum atomic E-state index is 0.235. The van der Waals surface area contributed by atoms with Crippen LogP contribution in [0.1, 0.15) is 25.8 Å². The third-order valence-corrected chi connectivity index (χ3v) is 3.31. The molecule has 0 radical (unpaired) electrons. The molecule has 1 rings (SSSR count).